The van der Waals surface area contributed by atoms with E-state index in [1.165, 1.54) is 25.3 Å². The van der Waals surface area contributed by atoms with Gasteiger partial charge in [-0.25, -0.2) is 4.90 Å². The van der Waals surface area contributed by atoms with Crippen molar-refractivity contribution in [2.75, 3.05) is 22.6 Å². The van der Waals surface area contributed by atoms with Crippen LogP contribution in [0.5, 0.6) is 5.75 Å². The zero-order valence-electron chi connectivity index (χ0n) is 17.9. The van der Waals surface area contributed by atoms with E-state index in [4.69, 9.17) is 51.1 Å². The Morgan fingerprint density at radius 3 is 2.09 bits per heavy atom. The van der Waals surface area contributed by atoms with Crippen molar-refractivity contribution in [3.63, 3.8) is 0 Å². The molecule has 11 heteroatoms. The van der Waals surface area contributed by atoms with E-state index in [0.717, 1.165) is 4.90 Å². The van der Waals surface area contributed by atoms with Crippen molar-refractivity contribution in [3.05, 3.63) is 92.0 Å². The molecule has 0 aromatic heterocycles. The van der Waals surface area contributed by atoms with Crippen LogP contribution in [0.4, 0.5) is 17.1 Å². The number of halogens is 4. The van der Waals surface area contributed by atoms with Crippen LogP contribution in [0.1, 0.15) is 10.4 Å². The van der Waals surface area contributed by atoms with Crippen molar-refractivity contribution in [3.8, 4) is 5.75 Å². The SMILES string of the molecule is COc1ccc(Cl)cc1N1C(=O)C(Cl)=C(Nc2ccc(C(=O)Nc3cc(Cl)cc(Cl)c3)cc2)C1=O. The minimum absolute atomic E-state index is 0.121. The Balaban J connectivity index is 1.51. The molecule has 0 saturated carbocycles. The standard InChI is InChI=1S/C24H15Cl4N3O4/c1-35-19-7-4-13(25)11-18(19)31-23(33)20(28)21(24(31)34)29-16-5-2-12(3-6-16)22(32)30-17-9-14(26)8-15(27)10-17/h2-11,29H,1H3,(H,30,32). The number of rotatable bonds is 6. The van der Waals surface area contributed by atoms with E-state index in [9.17, 15) is 14.4 Å². The fourth-order valence-electron chi connectivity index (χ4n) is 3.35. The largest absolute Gasteiger partial charge is 0.495 e. The Morgan fingerprint density at radius 2 is 1.46 bits per heavy atom. The van der Waals surface area contributed by atoms with Gasteiger partial charge in [0.1, 0.15) is 16.5 Å². The van der Waals surface area contributed by atoms with Crippen molar-refractivity contribution >= 4 is 81.2 Å². The number of nitrogens with zero attached hydrogens (tertiary/aromatic N) is 1. The van der Waals surface area contributed by atoms with Crippen molar-refractivity contribution in [1.82, 2.24) is 0 Å². The second-order valence-corrected chi connectivity index (χ2v) is 8.95. The number of amides is 3. The lowest BCUT2D eigenvalue weighted by Gasteiger charge is -2.18. The summed E-state index contributed by atoms with van der Waals surface area (Å²) in [4.78, 5) is 39.3. The molecule has 0 atom stereocenters. The molecule has 1 heterocycles. The predicted molar refractivity (Wildman–Crippen MR) is 138 cm³/mol. The minimum Gasteiger partial charge on any atom is -0.495 e. The molecule has 35 heavy (non-hydrogen) atoms. The van der Waals surface area contributed by atoms with E-state index in [2.05, 4.69) is 10.6 Å². The van der Waals surface area contributed by atoms with Crippen LogP contribution in [-0.2, 0) is 9.59 Å². The van der Waals surface area contributed by atoms with Gasteiger partial charge in [-0.15, -0.1) is 0 Å². The molecule has 1 aliphatic heterocycles. The topological polar surface area (TPSA) is 87.7 Å². The third-order valence-corrected chi connectivity index (χ3v) is 5.97. The Bertz CT molecular complexity index is 1370. The van der Waals surface area contributed by atoms with E-state index >= 15 is 0 Å². The summed E-state index contributed by atoms with van der Waals surface area (Å²) in [6, 6.07) is 15.4. The average molecular weight is 551 g/mol. The Hall–Kier alpha value is -3.23. The second kappa shape index (κ2) is 10.2. The number of nitrogens with one attached hydrogen (secondary N) is 2. The molecule has 3 aromatic rings. The molecule has 3 amide bonds. The maximum Gasteiger partial charge on any atom is 0.283 e. The molecule has 0 unspecified atom stereocenters. The molecular weight excluding hydrogens is 536 g/mol. The Kier molecular flexibility index (Phi) is 7.23. The van der Waals surface area contributed by atoms with Crippen LogP contribution < -0.4 is 20.3 Å². The van der Waals surface area contributed by atoms with Gasteiger partial charge in [0.15, 0.2) is 0 Å². The van der Waals surface area contributed by atoms with Gasteiger partial charge in [-0.05, 0) is 60.7 Å². The van der Waals surface area contributed by atoms with Crippen LogP contribution in [0.2, 0.25) is 15.1 Å². The molecule has 0 bridgehead atoms. The summed E-state index contributed by atoms with van der Waals surface area (Å²) < 4.78 is 5.25. The quantitative estimate of drug-likeness (QED) is 0.349. The van der Waals surface area contributed by atoms with E-state index in [1.807, 2.05) is 0 Å². The van der Waals surface area contributed by atoms with Gasteiger partial charge in [0.2, 0.25) is 0 Å². The van der Waals surface area contributed by atoms with Crippen molar-refractivity contribution in [2.45, 2.75) is 0 Å². The highest BCUT2D eigenvalue weighted by Gasteiger charge is 2.40. The van der Waals surface area contributed by atoms with Crippen molar-refractivity contribution < 1.29 is 19.1 Å². The Labute approximate surface area is 220 Å². The first kappa shape index (κ1) is 24.9. The van der Waals surface area contributed by atoms with E-state index in [0.29, 0.717) is 32.0 Å². The summed E-state index contributed by atoms with van der Waals surface area (Å²) in [5, 5.41) is 6.35. The highest BCUT2D eigenvalue weighted by Crippen LogP contribution is 2.37. The molecule has 0 spiro atoms. The summed E-state index contributed by atoms with van der Waals surface area (Å²) in [6.07, 6.45) is 0. The van der Waals surface area contributed by atoms with Gasteiger partial charge >= 0.3 is 0 Å². The van der Waals surface area contributed by atoms with Gasteiger partial charge in [-0.3, -0.25) is 14.4 Å². The smallest absolute Gasteiger partial charge is 0.283 e. The van der Waals surface area contributed by atoms with E-state index in [-0.39, 0.29) is 22.2 Å². The first-order chi connectivity index (χ1) is 16.7. The second-order valence-electron chi connectivity index (χ2n) is 7.27. The fourth-order valence-corrected chi connectivity index (χ4v) is 4.25. The number of carbonyl (C=O) groups is 3. The van der Waals surface area contributed by atoms with Crippen LogP contribution in [0.25, 0.3) is 0 Å². The molecule has 4 rings (SSSR count). The summed E-state index contributed by atoms with van der Waals surface area (Å²) >= 11 is 24.2. The number of imide groups is 1. The zero-order chi connectivity index (χ0) is 25.3. The number of hydrogen-bond donors (Lipinski definition) is 2. The number of benzene rings is 3. The molecular formula is C24H15Cl4N3O4. The summed E-state index contributed by atoms with van der Waals surface area (Å²) in [5.41, 5.74) is 1.26. The molecule has 0 saturated heterocycles. The van der Waals surface area contributed by atoms with Gasteiger partial charge in [0, 0.05) is 32.0 Å². The lowest BCUT2D eigenvalue weighted by Crippen LogP contribution is -2.32. The van der Waals surface area contributed by atoms with Gasteiger partial charge in [-0.1, -0.05) is 46.4 Å². The van der Waals surface area contributed by atoms with Crippen LogP contribution in [-0.4, -0.2) is 24.8 Å². The van der Waals surface area contributed by atoms with Crippen LogP contribution in [0.3, 0.4) is 0 Å². The zero-order valence-corrected chi connectivity index (χ0v) is 20.9. The molecule has 0 radical (unpaired) electrons. The molecule has 178 valence electrons. The molecule has 3 aromatic carbocycles. The van der Waals surface area contributed by atoms with Gasteiger partial charge in [0.05, 0.1) is 12.8 Å². The highest BCUT2D eigenvalue weighted by atomic mass is 35.5. The molecule has 0 aliphatic carbocycles. The number of methoxy groups -OCH3 is 1. The van der Waals surface area contributed by atoms with Crippen LogP contribution >= 0.6 is 46.4 Å². The van der Waals surface area contributed by atoms with Crippen LogP contribution in [0.15, 0.2) is 71.4 Å². The lowest BCUT2D eigenvalue weighted by molar-refractivity contribution is -0.120. The number of ether oxygens (including phenoxy) is 1. The van der Waals surface area contributed by atoms with Gasteiger partial charge < -0.3 is 15.4 Å². The number of anilines is 3. The maximum absolute atomic E-state index is 13.1. The molecule has 1 aliphatic rings. The minimum atomic E-state index is -0.726. The third kappa shape index (κ3) is 5.23. The number of hydrogen-bond acceptors (Lipinski definition) is 5. The van der Waals surface area contributed by atoms with Gasteiger partial charge in [-0.2, -0.15) is 0 Å². The summed E-state index contributed by atoms with van der Waals surface area (Å²) in [5.74, 6) is -1.52. The van der Waals surface area contributed by atoms with Crippen LogP contribution in [0, 0.1) is 0 Å². The average Bonchev–Trinajstić information content (AvgIpc) is 3.01. The third-order valence-electron chi connectivity index (χ3n) is 4.95. The first-order valence-corrected chi connectivity index (χ1v) is 11.5. The highest BCUT2D eigenvalue weighted by molar-refractivity contribution is 6.53. The Morgan fingerprint density at radius 1 is 0.800 bits per heavy atom. The maximum atomic E-state index is 13.1. The summed E-state index contributed by atoms with van der Waals surface area (Å²) in [6.45, 7) is 0. The number of carbonyl (C=O) groups excluding carboxylic acids is 3. The molecule has 2 N–H and O–H groups in total. The van der Waals surface area contributed by atoms with E-state index < -0.39 is 17.7 Å². The monoisotopic (exact) mass is 549 g/mol. The summed E-state index contributed by atoms with van der Waals surface area (Å²) in [7, 11) is 1.41. The normalized spacial score (nSPS) is 13.3. The predicted octanol–water partition coefficient (Wildman–Crippen LogP) is 6.34. The van der Waals surface area contributed by atoms with Crippen molar-refractivity contribution in [1.29, 1.82) is 0 Å². The van der Waals surface area contributed by atoms with Gasteiger partial charge in [0.25, 0.3) is 17.7 Å². The molecule has 7 nitrogen and oxygen atoms in total. The van der Waals surface area contributed by atoms with Crippen molar-refractivity contribution in [2.24, 2.45) is 0 Å². The molecule has 0 fully saturated rings. The van der Waals surface area contributed by atoms with E-state index in [1.54, 1.807) is 42.5 Å². The fraction of sp³-hybridized carbons (Fsp3) is 0.0417. The lowest BCUT2D eigenvalue weighted by atomic mass is 10.2. The first-order valence-electron chi connectivity index (χ1n) is 9.94.